The van der Waals surface area contributed by atoms with Crippen LogP contribution in [0.15, 0.2) is 227 Å². The largest absolute Gasteiger partial charge is 0.494 e. The first kappa shape index (κ1) is 53.6. The lowest BCUT2D eigenvalue weighted by Crippen LogP contribution is -2.27. The Morgan fingerprint density at radius 3 is 1.38 bits per heavy atom. The molecule has 0 unspecified atom stereocenters. The number of carbonyl (C=O) groups excluding carboxylic acids is 2. The summed E-state index contributed by atoms with van der Waals surface area (Å²) < 4.78 is 6.20. The fraction of sp³-hybridized carbons (Fsp3) is 0.123. The number of amides is 2. The molecule has 0 saturated heterocycles. The molecule has 2 aromatic heterocycles. The molecular formula is C73H61N9O3. The number of benzene rings is 11. The molecule has 12 nitrogen and oxygen atoms in total. The number of nitrogens with zero attached hydrogens (tertiary/aromatic N) is 7. The molecule has 85 heavy (non-hydrogen) atoms. The van der Waals surface area contributed by atoms with E-state index in [9.17, 15) is 9.59 Å². The summed E-state index contributed by atoms with van der Waals surface area (Å²) in [5.74, 6) is -0.0205. The molecule has 0 bridgehead atoms. The Morgan fingerprint density at radius 2 is 0.882 bits per heavy atom. The predicted molar refractivity (Wildman–Crippen MR) is 349 cm³/mol. The van der Waals surface area contributed by atoms with Gasteiger partial charge in [-0.2, -0.15) is 10.2 Å². The number of ether oxygens (including phenoxy) is 1. The highest BCUT2D eigenvalue weighted by Crippen LogP contribution is 2.47. The Morgan fingerprint density at radius 1 is 0.459 bits per heavy atom. The van der Waals surface area contributed by atoms with Crippen LogP contribution in [-0.2, 0) is 12.8 Å². The minimum atomic E-state index is -0.225. The average molecular weight is 1110 g/mol. The maximum atomic E-state index is 14.7. The van der Waals surface area contributed by atoms with Gasteiger partial charge in [-0.1, -0.05) is 129 Å². The van der Waals surface area contributed by atoms with Crippen molar-refractivity contribution < 1.29 is 14.3 Å². The molecule has 0 saturated carbocycles. The minimum absolute atomic E-state index is 0.123. The molecule has 11 aromatic carbocycles. The van der Waals surface area contributed by atoms with Gasteiger partial charge >= 0.3 is 0 Å². The molecule has 416 valence electrons. The zero-order chi connectivity index (χ0) is 58.5. The predicted octanol–water partition coefficient (Wildman–Crippen LogP) is 19.9. The van der Waals surface area contributed by atoms with Crippen LogP contribution in [0.4, 0.5) is 51.2 Å². The van der Waals surface area contributed by atoms with Crippen molar-refractivity contribution in [1.82, 2.24) is 9.97 Å². The van der Waals surface area contributed by atoms with Crippen molar-refractivity contribution in [1.29, 1.82) is 0 Å². The van der Waals surface area contributed by atoms with E-state index in [4.69, 9.17) is 25.2 Å². The van der Waals surface area contributed by atoms with Crippen LogP contribution >= 0.6 is 0 Å². The van der Waals surface area contributed by atoms with Crippen molar-refractivity contribution in [3.8, 4) is 5.75 Å². The number of nitrogens with one attached hydrogen (secondary N) is 2. The summed E-state index contributed by atoms with van der Waals surface area (Å²) in [5.41, 5.74) is 15.5. The number of rotatable bonds is 14. The van der Waals surface area contributed by atoms with E-state index in [1.165, 1.54) is 0 Å². The number of carbonyl (C=O) groups is 2. The summed E-state index contributed by atoms with van der Waals surface area (Å²) >= 11 is 0. The topological polar surface area (TPSA) is 134 Å². The first-order valence-corrected chi connectivity index (χ1v) is 28.6. The molecule has 0 aliphatic carbocycles. The van der Waals surface area contributed by atoms with Crippen LogP contribution < -0.4 is 19.4 Å². The number of azo groups is 2. The standard InChI is InChI=1S/C73H61N9O3/c1-8-46-18-10-16-24-63(46)80(5)72(83)59-42-48-28-40-57-55-20-12-14-22-61(55)74-68(57)65(48)67(45(59)4)78-76-50-30-36-53(37-31-50)82(52-34-26-44(3)27-35-52)54-38-32-51(33-39-54)77-79-70-66-49(29-41-58-56-21-13-15-23-62(56)75-69(58)66)43-60(71(70)85-7)73(84)81(6)64-25-17-11-19-47(64)9-2/h10-43,74-75H,8-9H2,1-7H3. The Bertz CT molecular complexity index is 4830. The van der Waals surface area contributed by atoms with Crippen LogP contribution in [0.25, 0.3) is 65.2 Å². The number of aryl methyl sites for hydroxylation is 3. The van der Waals surface area contributed by atoms with E-state index < -0.39 is 0 Å². The van der Waals surface area contributed by atoms with Gasteiger partial charge in [-0.25, -0.2) is 0 Å². The van der Waals surface area contributed by atoms with Crippen molar-refractivity contribution in [2.75, 3.05) is 35.9 Å². The number of H-pyrrole nitrogens is 2. The third-order valence-electron chi connectivity index (χ3n) is 16.5. The zero-order valence-electron chi connectivity index (χ0n) is 48.4. The molecule has 2 N–H and O–H groups in total. The summed E-state index contributed by atoms with van der Waals surface area (Å²) in [6, 6.07) is 69.0. The summed E-state index contributed by atoms with van der Waals surface area (Å²) in [5, 5.41) is 27.5. The number of aromatic amines is 2. The molecule has 2 heterocycles. The highest BCUT2D eigenvalue weighted by Gasteiger charge is 2.27. The fourth-order valence-corrected chi connectivity index (χ4v) is 12.0. The van der Waals surface area contributed by atoms with Crippen LogP contribution in [0.5, 0.6) is 5.75 Å². The Labute approximate surface area is 492 Å². The highest BCUT2D eigenvalue weighted by molar-refractivity contribution is 6.24. The maximum Gasteiger partial charge on any atom is 0.261 e. The van der Waals surface area contributed by atoms with Gasteiger partial charge in [-0.05, 0) is 151 Å². The van der Waals surface area contributed by atoms with Crippen molar-refractivity contribution in [2.24, 2.45) is 20.5 Å². The smallest absolute Gasteiger partial charge is 0.261 e. The quantitative estimate of drug-likeness (QED) is 0.105. The molecular weight excluding hydrogens is 1050 g/mol. The van der Waals surface area contributed by atoms with Gasteiger partial charge in [0.25, 0.3) is 11.8 Å². The molecule has 0 radical (unpaired) electrons. The van der Waals surface area contributed by atoms with Crippen molar-refractivity contribution in [3.63, 3.8) is 0 Å². The Hall–Kier alpha value is -10.7. The van der Waals surface area contributed by atoms with Gasteiger partial charge in [0.05, 0.1) is 40.8 Å². The Kier molecular flexibility index (Phi) is 14.0. The molecule has 0 fully saturated rings. The van der Waals surface area contributed by atoms with Crippen LogP contribution in [-0.4, -0.2) is 43.0 Å². The molecule has 2 amide bonds. The molecule has 12 heteroatoms. The molecule has 0 aliphatic heterocycles. The molecule has 0 aliphatic rings. The maximum absolute atomic E-state index is 14.7. The van der Waals surface area contributed by atoms with E-state index in [1.807, 2.05) is 147 Å². The van der Waals surface area contributed by atoms with E-state index in [-0.39, 0.29) is 11.8 Å². The van der Waals surface area contributed by atoms with E-state index in [0.29, 0.717) is 39.6 Å². The van der Waals surface area contributed by atoms with Crippen LogP contribution in [0.1, 0.15) is 56.8 Å². The van der Waals surface area contributed by atoms with Gasteiger partial charge in [-0.3, -0.25) is 9.59 Å². The monoisotopic (exact) mass is 1110 g/mol. The van der Waals surface area contributed by atoms with Crippen molar-refractivity contribution in [2.45, 2.75) is 40.5 Å². The van der Waals surface area contributed by atoms with Gasteiger partial charge < -0.3 is 29.4 Å². The average Bonchev–Trinajstić information content (AvgIpc) is 2.30. The normalized spacial score (nSPS) is 11.8. The lowest BCUT2D eigenvalue weighted by Gasteiger charge is -2.25. The summed E-state index contributed by atoms with van der Waals surface area (Å²) in [4.78, 5) is 42.2. The van der Waals surface area contributed by atoms with E-state index in [2.05, 4.69) is 108 Å². The van der Waals surface area contributed by atoms with Gasteiger partial charge in [0.2, 0.25) is 0 Å². The van der Waals surface area contributed by atoms with Gasteiger partial charge in [0, 0.05) is 91.4 Å². The number of anilines is 5. The number of para-hydroxylation sites is 4. The minimum Gasteiger partial charge on any atom is -0.494 e. The molecule has 0 atom stereocenters. The SMILES string of the molecule is CCc1ccccc1N(C)C(=O)c1cc2ccc3c4ccccc4[nH]c3c2c(N=Nc2ccc(N(c3ccc(C)cc3)c3ccc(N=Nc4c(OC)c(C(=O)N(C)c5ccccc5CC)cc5ccc6c7ccccc7[nH]c6c45)cc3)cc2)c1C. The number of fused-ring (bicyclic) bond motifs is 10. The van der Waals surface area contributed by atoms with Crippen LogP contribution in [0.2, 0.25) is 0 Å². The number of aromatic nitrogens is 2. The zero-order valence-corrected chi connectivity index (χ0v) is 48.4. The van der Waals surface area contributed by atoms with E-state index in [1.54, 1.807) is 24.0 Å². The third-order valence-corrected chi connectivity index (χ3v) is 16.5. The first-order valence-electron chi connectivity index (χ1n) is 28.6. The van der Waals surface area contributed by atoms with Gasteiger partial charge in [0.1, 0.15) is 5.69 Å². The highest BCUT2D eigenvalue weighted by atomic mass is 16.5. The van der Waals surface area contributed by atoms with Crippen molar-refractivity contribution in [3.05, 3.63) is 240 Å². The number of methoxy groups -OCH3 is 1. The van der Waals surface area contributed by atoms with E-state index >= 15 is 0 Å². The van der Waals surface area contributed by atoms with Gasteiger partial charge in [-0.15, -0.1) is 10.2 Å². The summed E-state index contributed by atoms with van der Waals surface area (Å²) in [7, 11) is 5.21. The van der Waals surface area contributed by atoms with Gasteiger partial charge in [0.15, 0.2) is 5.75 Å². The second kappa shape index (κ2) is 22.2. The second-order valence-electron chi connectivity index (χ2n) is 21.5. The molecule has 0 spiro atoms. The fourth-order valence-electron chi connectivity index (χ4n) is 12.0. The summed E-state index contributed by atoms with van der Waals surface area (Å²) in [6.45, 7) is 8.23. The lowest BCUT2D eigenvalue weighted by atomic mass is 9.96. The molecule has 13 aromatic rings. The lowest BCUT2D eigenvalue weighted by molar-refractivity contribution is 0.0983. The number of hydrogen-bond acceptors (Lipinski definition) is 8. The Balaban J connectivity index is 0.862. The van der Waals surface area contributed by atoms with E-state index in [0.717, 1.165) is 129 Å². The third kappa shape index (κ3) is 9.57. The summed E-state index contributed by atoms with van der Waals surface area (Å²) in [6.07, 6.45) is 1.57. The first-order chi connectivity index (χ1) is 41.5. The van der Waals surface area contributed by atoms with Crippen LogP contribution in [0, 0.1) is 13.8 Å². The number of hydrogen-bond donors (Lipinski definition) is 2. The second-order valence-corrected chi connectivity index (χ2v) is 21.5. The van der Waals surface area contributed by atoms with Crippen LogP contribution in [0.3, 0.4) is 0 Å². The van der Waals surface area contributed by atoms with Crippen molar-refractivity contribution >= 4 is 128 Å². The molecule has 13 rings (SSSR count).